The molecule has 2 aromatic rings. The van der Waals surface area contributed by atoms with Crippen LogP contribution in [0, 0.1) is 5.82 Å². The highest BCUT2D eigenvalue weighted by Crippen LogP contribution is 2.14. The van der Waals surface area contributed by atoms with Gasteiger partial charge in [-0.1, -0.05) is 12.1 Å². The van der Waals surface area contributed by atoms with Crippen LogP contribution in [0.25, 0.3) is 0 Å². The zero-order chi connectivity index (χ0) is 16.6. The van der Waals surface area contributed by atoms with E-state index in [1.165, 1.54) is 6.07 Å². The Hall–Kier alpha value is -2.25. The number of nitrogens with one attached hydrogen (secondary N) is 1. The van der Waals surface area contributed by atoms with Gasteiger partial charge in [0.15, 0.2) is 11.6 Å². The molecule has 0 saturated carbocycles. The van der Waals surface area contributed by atoms with E-state index in [0.29, 0.717) is 32.9 Å². The predicted octanol–water partition coefficient (Wildman–Crippen LogP) is 1.62. The maximum Gasteiger partial charge on any atom is 0.225 e. The highest BCUT2D eigenvalue weighted by molar-refractivity contribution is 5.30. The first kappa shape index (κ1) is 16.6. The van der Waals surface area contributed by atoms with E-state index in [9.17, 15) is 4.39 Å². The summed E-state index contributed by atoms with van der Waals surface area (Å²) in [6.45, 7) is 4.73. The number of hydrogen-bond acceptors (Lipinski definition) is 6. The molecular weight excluding hydrogens is 311 g/mol. The Morgan fingerprint density at radius 2 is 1.92 bits per heavy atom. The second-order valence-electron chi connectivity index (χ2n) is 5.45. The summed E-state index contributed by atoms with van der Waals surface area (Å²) < 4.78 is 24.1. The predicted molar refractivity (Wildman–Crippen MR) is 88.7 cm³/mol. The van der Waals surface area contributed by atoms with Crippen molar-refractivity contribution in [1.29, 1.82) is 0 Å². The van der Waals surface area contributed by atoms with Crippen LogP contribution in [0.4, 0.5) is 10.3 Å². The van der Waals surface area contributed by atoms with Gasteiger partial charge in [-0.25, -0.2) is 14.4 Å². The van der Waals surface area contributed by atoms with E-state index < -0.39 is 0 Å². The van der Waals surface area contributed by atoms with Crippen LogP contribution < -0.4 is 15.0 Å². The fraction of sp³-hybridized carbons (Fsp3) is 0.412. The third-order valence-corrected chi connectivity index (χ3v) is 3.69. The second-order valence-corrected chi connectivity index (χ2v) is 5.45. The van der Waals surface area contributed by atoms with Crippen LogP contribution in [0.5, 0.6) is 5.75 Å². The van der Waals surface area contributed by atoms with Crippen molar-refractivity contribution < 1.29 is 13.9 Å². The Bertz CT molecular complexity index is 633. The quantitative estimate of drug-likeness (QED) is 0.778. The van der Waals surface area contributed by atoms with Gasteiger partial charge in [0.2, 0.25) is 5.95 Å². The molecule has 1 aromatic heterocycles. The van der Waals surface area contributed by atoms with Gasteiger partial charge in [0.25, 0.3) is 0 Å². The van der Waals surface area contributed by atoms with Crippen molar-refractivity contribution in [3.05, 3.63) is 48.0 Å². The summed E-state index contributed by atoms with van der Waals surface area (Å²) in [4.78, 5) is 10.9. The van der Waals surface area contributed by atoms with Gasteiger partial charge in [-0.2, -0.15) is 0 Å². The molecule has 6 nitrogen and oxygen atoms in total. The van der Waals surface area contributed by atoms with E-state index in [1.807, 2.05) is 12.4 Å². The van der Waals surface area contributed by atoms with Crippen LogP contribution in [0.1, 0.15) is 5.56 Å². The van der Waals surface area contributed by atoms with Crippen LogP contribution in [0.15, 0.2) is 36.7 Å². The van der Waals surface area contributed by atoms with E-state index in [4.69, 9.17) is 9.47 Å². The SMILES string of the molecule is Fc1ccccc1OCCNCc1cnc(N2CCOCC2)nc1. The van der Waals surface area contributed by atoms with Crippen molar-refractivity contribution in [2.75, 3.05) is 44.4 Å². The fourth-order valence-corrected chi connectivity index (χ4v) is 2.39. The first-order valence-electron chi connectivity index (χ1n) is 8.04. The first-order chi connectivity index (χ1) is 11.8. The van der Waals surface area contributed by atoms with Crippen molar-refractivity contribution in [2.45, 2.75) is 6.54 Å². The van der Waals surface area contributed by atoms with Crippen LogP contribution in [-0.4, -0.2) is 49.4 Å². The lowest BCUT2D eigenvalue weighted by Crippen LogP contribution is -2.37. The lowest BCUT2D eigenvalue weighted by Gasteiger charge is -2.26. The summed E-state index contributed by atoms with van der Waals surface area (Å²) in [7, 11) is 0. The molecule has 1 aliphatic rings. The summed E-state index contributed by atoms with van der Waals surface area (Å²) in [5.74, 6) is 0.673. The number of benzene rings is 1. The van der Waals surface area contributed by atoms with Gasteiger partial charge in [-0.3, -0.25) is 0 Å². The molecule has 1 fully saturated rings. The van der Waals surface area contributed by atoms with Gasteiger partial charge >= 0.3 is 0 Å². The number of para-hydroxylation sites is 1. The molecule has 0 amide bonds. The van der Waals surface area contributed by atoms with Crippen molar-refractivity contribution in [1.82, 2.24) is 15.3 Å². The molecule has 7 heteroatoms. The van der Waals surface area contributed by atoms with Gasteiger partial charge < -0.3 is 19.7 Å². The molecule has 1 N–H and O–H groups in total. The lowest BCUT2D eigenvalue weighted by atomic mass is 10.3. The standard InChI is InChI=1S/C17H21FN4O2/c18-15-3-1-2-4-16(15)24-8-5-19-11-14-12-20-17(21-13-14)22-6-9-23-10-7-22/h1-4,12-13,19H,5-11H2. The number of rotatable bonds is 7. The van der Waals surface area contributed by atoms with Gasteiger partial charge in [0, 0.05) is 44.1 Å². The van der Waals surface area contributed by atoms with E-state index in [0.717, 1.165) is 24.6 Å². The normalized spacial score (nSPS) is 14.6. The van der Waals surface area contributed by atoms with E-state index in [-0.39, 0.29) is 11.6 Å². The molecule has 2 heterocycles. The Morgan fingerprint density at radius 3 is 2.67 bits per heavy atom. The van der Waals surface area contributed by atoms with Crippen molar-refractivity contribution >= 4 is 5.95 Å². The largest absolute Gasteiger partial charge is 0.489 e. The van der Waals surface area contributed by atoms with Crippen molar-refractivity contribution in [3.8, 4) is 5.75 Å². The molecule has 0 radical (unpaired) electrons. The minimum Gasteiger partial charge on any atom is -0.489 e. The monoisotopic (exact) mass is 332 g/mol. The number of aromatic nitrogens is 2. The van der Waals surface area contributed by atoms with Crippen molar-refractivity contribution in [2.24, 2.45) is 0 Å². The Balaban J connectivity index is 1.38. The summed E-state index contributed by atoms with van der Waals surface area (Å²) in [6, 6.07) is 6.39. The molecule has 1 aliphatic heterocycles. The first-order valence-corrected chi connectivity index (χ1v) is 8.04. The highest BCUT2D eigenvalue weighted by atomic mass is 19.1. The zero-order valence-corrected chi connectivity index (χ0v) is 13.4. The van der Waals surface area contributed by atoms with Crippen LogP contribution in [0.2, 0.25) is 0 Å². The summed E-state index contributed by atoms with van der Waals surface area (Å²) >= 11 is 0. The number of ether oxygens (including phenoxy) is 2. The van der Waals surface area contributed by atoms with E-state index >= 15 is 0 Å². The number of nitrogens with zero attached hydrogens (tertiary/aromatic N) is 3. The number of anilines is 1. The van der Waals surface area contributed by atoms with Crippen LogP contribution in [0.3, 0.4) is 0 Å². The number of halogens is 1. The maximum absolute atomic E-state index is 13.4. The Kier molecular flexibility index (Phi) is 5.92. The summed E-state index contributed by atoms with van der Waals surface area (Å²) in [6.07, 6.45) is 3.64. The molecular formula is C17H21FN4O2. The highest BCUT2D eigenvalue weighted by Gasteiger charge is 2.13. The molecule has 0 spiro atoms. The average Bonchev–Trinajstić information content (AvgIpc) is 2.64. The molecule has 1 saturated heterocycles. The average molecular weight is 332 g/mol. The molecule has 24 heavy (non-hydrogen) atoms. The molecule has 3 rings (SSSR count). The fourth-order valence-electron chi connectivity index (χ4n) is 2.39. The zero-order valence-electron chi connectivity index (χ0n) is 13.4. The smallest absolute Gasteiger partial charge is 0.225 e. The molecule has 0 atom stereocenters. The van der Waals surface area contributed by atoms with E-state index in [2.05, 4.69) is 20.2 Å². The molecule has 128 valence electrons. The van der Waals surface area contributed by atoms with Crippen LogP contribution >= 0.6 is 0 Å². The van der Waals surface area contributed by atoms with Crippen molar-refractivity contribution in [3.63, 3.8) is 0 Å². The van der Waals surface area contributed by atoms with Gasteiger partial charge in [0.05, 0.1) is 13.2 Å². The topological polar surface area (TPSA) is 59.5 Å². The molecule has 0 bridgehead atoms. The van der Waals surface area contributed by atoms with E-state index in [1.54, 1.807) is 18.2 Å². The second kappa shape index (κ2) is 8.56. The Labute approximate surface area is 140 Å². The minimum atomic E-state index is -0.343. The minimum absolute atomic E-state index is 0.275. The lowest BCUT2D eigenvalue weighted by molar-refractivity contribution is 0.122. The molecule has 0 unspecified atom stereocenters. The molecule has 1 aromatic carbocycles. The van der Waals surface area contributed by atoms with Gasteiger partial charge in [0.1, 0.15) is 6.61 Å². The van der Waals surface area contributed by atoms with Crippen LogP contribution in [-0.2, 0) is 11.3 Å². The third kappa shape index (κ3) is 4.62. The Morgan fingerprint density at radius 1 is 1.17 bits per heavy atom. The molecule has 0 aliphatic carbocycles. The maximum atomic E-state index is 13.4. The van der Waals surface area contributed by atoms with Gasteiger partial charge in [-0.05, 0) is 12.1 Å². The summed E-state index contributed by atoms with van der Waals surface area (Å²) in [5.41, 5.74) is 0.998. The third-order valence-electron chi connectivity index (χ3n) is 3.69. The number of hydrogen-bond donors (Lipinski definition) is 1. The van der Waals surface area contributed by atoms with Gasteiger partial charge in [-0.15, -0.1) is 0 Å². The number of morpholine rings is 1. The summed E-state index contributed by atoms with van der Waals surface area (Å²) in [5, 5.41) is 3.23.